The first-order valence-electron chi connectivity index (χ1n) is 4.41. The molecule has 1 aromatic rings. The van der Waals surface area contributed by atoms with Crippen LogP contribution in [0.2, 0.25) is 0 Å². The standard InChI is InChI=1S/C11H13NO/c1-8-3-2-4-10(11(8)12)9-5-6-13-7-9/h2-5H,6-7,12H2,1H3. The Kier molecular flexibility index (Phi) is 2.07. The van der Waals surface area contributed by atoms with Crippen molar-refractivity contribution in [1.82, 2.24) is 0 Å². The van der Waals surface area contributed by atoms with Crippen molar-refractivity contribution in [2.45, 2.75) is 6.92 Å². The third kappa shape index (κ3) is 1.45. The molecule has 0 saturated heterocycles. The Labute approximate surface area is 78.0 Å². The molecule has 0 radical (unpaired) electrons. The largest absolute Gasteiger partial charge is 0.398 e. The minimum atomic E-state index is 0.688. The van der Waals surface area contributed by atoms with Crippen LogP contribution < -0.4 is 5.73 Å². The number of para-hydroxylation sites is 1. The highest BCUT2D eigenvalue weighted by Gasteiger charge is 2.10. The molecule has 0 aliphatic carbocycles. The van der Waals surface area contributed by atoms with Crippen molar-refractivity contribution in [2.75, 3.05) is 18.9 Å². The van der Waals surface area contributed by atoms with Gasteiger partial charge in [-0.15, -0.1) is 0 Å². The van der Waals surface area contributed by atoms with E-state index in [0.29, 0.717) is 13.2 Å². The summed E-state index contributed by atoms with van der Waals surface area (Å²) < 4.78 is 5.26. The van der Waals surface area contributed by atoms with Gasteiger partial charge in [-0.25, -0.2) is 0 Å². The Balaban J connectivity index is 2.45. The van der Waals surface area contributed by atoms with E-state index >= 15 is 0 Å². The van der Waals surface area contributed by atoms with E-state index in [1.165, 1.54) is 5.57 Å². The normalized spacial score (nSPS) is 15.9. The van der Waals surface area contributed by atoms with Crippen LogP contribution in [0.5, 0.6) is 0 Å². The first-order chi connectivity index (χ1) is 6.29. The Morgan fingerprint density at radius 2 is 2.23 bits per heavy atom. The smallest absolute Gasteiger partial charge is 0.0725 e. The van der Waals surface area contributed by atoms with Crippen LogP contribution in [0, 0.1) is 6.92 Å². The van der Waals surface area contributed by atoms with Crippen LogP contribution in [0.1, 0.15) is 11.1 Å². The van der Waals surface area contributed by atoms with Crippen LogP contribution in [0.25, 0.3) is 5.57 Å². The molecule has 0 amide bonds. The first kappa shape index (κ1) is 8.32. The fourth-order valence-corrected chi connectivity index (χ4v) is 1.54. The van der Waals surface area contributed by atoms with Gasteiger partial charge in [0.1, 0.15) is 0 Å². The zero-order chi connectivity index (χ0) is 9.26. The first-order valence-corrected chi connectivity index (χ1v) is 4.41. The molecule has 0 aromatic heterocycles. The van der Waals surface area contributed by atoms with E-state index in [1.807, 2.05) is 25.1 Å². The summed E-state index contributed by atoms with van der Waals surface area (Å²) in [4.78, 5) is 0. The minimum absolute atomic E-state index is 0.688. The van der Waals surface area contributed by atoms with Crippen molar-refractivity contribution < 1.29 is 4.74 Å². The second kappa shape index (κ2) is 3.23. The van der Waals surface area contributed by atoms with Gasteiger partial charge in [0.25, 0.3) is 0 Å². The van der Waals surface area contributed by atoms with E-state index < -0.39 is 0 Å². The topological polar surface area (TPSA) is 35.2 Å². The number of nitrogens with two attached hydrogens (primary N) is 1. The molecular formula is C11H13NO. The molecule has 1 aliphatic heterocycles. The van der Waals surface area contributed by atoms with Crippen LogP contribution in [-0.2, 0) is 4.74 Å². The summed E-state index contributed by atoms with van der Waals surface area (Å²) in [7, 11) is 0. The van der Waals surface area contributed by atoms with E-state index in [2.05, 4.69) is 6.08 Å². The highest BCUT2D eigenvalue weighted by molar-refractivity contribution is 5.78. The lowest BCUT2D eigenvalue weighted by Crippen LogP contribution is -1.97. The van der Waals surface area contributed by atoms with Crippen molar-refractivity contribution in [3.05, 3.63) is 35.4 Å². The van der Waals surface area contributed by atoms with Crippen molar-refractivity contribution in [2.24, 2.45) is 0 Å². The van der Waals surface area contributed by atoms with Gasteiger partial charge in [-0.1, -0.05) is 24.3 Å². The fourth-order valence-electron chi connectivity index (χ4n) is 1.54. The average molecular weight is 175 g/mol. The molecule has 1 heterocycles. The molecule has 2 nitrogen and oxygen atoms in total. The monoisotopic (exact) mass is 175 g/mol. The van der Waals surface area contributed by atoms with Gasteiger partial charge < -0.3 is 10.5 Å². The van der Waals surface area contributed by atoms with Crippen LogP contribution in [0.15, 0.2) is 24.3 Å². The number of hydrogen-bond acceptors (Lipinski definition) is 2. The number of anilines is 1. The fraction of sp³-hybridized carbons (Fsp3) is 0.273. The van der Waals surface area contributed by atoms with E-state index in [4.69, 9.17) is 10.5 Å². The Morgan fingerprint density at radius 1 is 1.38 bits per heavy atom. The summed E-state index contributed by atoms with van der Waals surface area (Å²) in [5.41, 5.74) is 10.3. The Bertz CT molecular complexity index is 355. The molecule has 0 bridgehead atoms. The summed E-state index contributed by atoms with van der Waals surface area (Å²) in [6.45, 7) is 3.42. The van der Waals surface area contributed by atoms with Crippen molar-refractivity contribution in [3.63, 3.8) is 0 Å². The maximum absolute atomic E-state index is 5.97. The SMILES string of the molecule is Cc1cccc(C2=CCOC2)c1N. The Hall–Kier alpha value is -1.28. The summed E-state index contributed by atoms with van der Waals surface area (Å²) >= 11 is 0. The minimum Gasteiger partial charge on any atom is -0.398 e. The summed E-state index contributed by atoms with van der Waals surface area (Å²) in [6, 6.07) is 6.10. The van der Waals surface area contributed by atoms with Crippen molar-refractivity contribution in [3.8, 4) is 0 Å². The third-order valence-electron chi connectivity index (χ3n) is 2.38. The number of benzene rings is 1. The second-order valence-electron chi connectivity index (χ2n) is 3.28. The average Bonchev–Trinajstić information content (AvgIpc) is 2.62. The maximum Gasteiger partial charge on any atom is 0.0725 e. The zero-order valence-corrected chi connectivity index (χ0v) is 7.71. The van der Waals surface area contributed by atoms with Gasteiger partial charge in [-0.2, -0.15) is 0 Å². The van der Waals surface area contributed by atoms with Gasteiger partial charge in [-0.05, 0) is 18.1 Å². The number of nitrogen functional groups attached to an aromatic ring is 1. The van der Waals surface area contributed by atoms with E-state index in [-0.39, 0.29) is 0 Å². The second-order valence-corrected chi connectivity index (χ2v) is 3.28. The van der Waals surface area contributed by atoms with Gasteiger partial charge in [0.2, 0.25) is 0 Å². The highest BCUT2D eigenvalue weighted by atomic mass is 16.5. The van der Waals surface area contributed by atoms with Crippen LogP contribution in [0.4, 0.5) is 5.69 Å². The quantitative estimate of drug-likeness (QED) is 0.662. The van der Waals surface area contributed by atoms with Crippen LogP contribution in [-0.4, -0.2) is 13.2 Å². The maximum atomic E-state index is 5.97. The number of hydrogen-bond donors (Lipinski definition) is 1. The molecule has 2 rings (SSSR count). The van der Waals surface area contributed by atoms with Crippen molar-refractivity contribution in [1.29, 1.82) is 0 Å². The number of rotatable bonds is 1. The number of ether oxygens (including phenoxy) is 1. The molecule has 1 aromatic carbocycles. The summed E-state index contributed by atoms with van der Waals surface area (Å²) in [5, 5.41) is 0. The van der Waals surface area contributed by atoms with Gasteiger partial charge >= 0.3 is 0 Å². The lowest BCUT2D eigenvalue weighted by molar-refractivity contribution is 0.216. The molecule has 68 valence electrons. The van der Waals surface area contributed by atoms with Gasteiger partial charge in [0.05, 0.1) is 13.2 Å². The van der Waals surface area contributed by atoms with Gasteiger partial charge in [0, 0.05) is 11.3 Å². The lowest BCUT2D eigenvalue weighted by atomic mass is 10.0. The Morgan fingerprint density at radius 3 is 2.92 bits per heavy atom. The third-order valence-corrected chi connectivity index (χ3v) is 2.38. The molecule has 1 aliphatic rings. The van der Waals surface area contributed by atoms with Gasteiger partial charge in [-0.3, -0.25) is 0 Å². The van der Waals surface area contributed by atoms with E-state index in [0.717, 1.165) is 16.8 Å². The molecule has 13 heavy (non-hydrogen) atoms. The van der Waals surface area contributed by atoms with E-state index in [1.54, 1.807) is 0 Å². The summed E-state index contributed by atoms with van der Waals surface area (Å²) in [6.07, 6.45) is 2.09. The molecule has 0 saturated carbocycles. The van der Waals surface area contributed by atoms with Crippen LogP contribution in [0.3, 0.4) is 0 Å². The molecule has 0 spiro atoms. The molecule has 0 atom stereocenters. The molecular weight excluding hydrogens is 162 g/mol. The number of aryl methyl sites for hydroxylation is 1. The summed E-state index contributed by atoms with van der Waals surface area (Å²) in [5.74, 6) is 0. The highest BCUT2D eigenvalue weighted by Crippen LogP contribution is 2.26. The molecule has 2 N–H and O–H groups in total. The predicted molar refractivity (Wildman–Crippen MR) is 54.4 cm³/mol. The zero-order valence-electron chi connectivity index (χ0n) is 7.71. The molecule has 0 fully saturated rings. The lowest BCUT2D eigenvalue weighted by Gasteiger charge is -2.07. The predicted octanol–water partition coefficient (Wildman–Crippen LogP) is 1.99. The van der Waals surface area contributed by atoms with E-state index in [9.17, 15) is 0 Å². The van der Waals surface area contributed by atoms with Crippen LogP contribution >= 0.6 is 0 Å². The van der Waals surface area contributed by atoms with Gasteiger partial charge in [0.15, 0.2) is 0 Å². The van der Waals surface area contributed by atoms with Crippen molar-refractivity contribution >= 4 is 11.3 Å². The molecule has 0 unspecified atom stereocenters. The molecule has 2 heteroatoms.